The molecule has 6 nitrogen and oxygen atoms in total. The van der Waals surface area contributed by atoms with Gasteiger partial charge in [-0.1, -0.05) is 23.9 Å². The van der Waals surface area contributed by atoms with Gasteiger partial charge in [0.1, 0.15) is 11.6 Å². The highest BCUT2D eigenvalue weighted by atomic mass is 32.2. The van der Waals surface area contributed by atoms with Crippen LogP contribution >= 0.6 is 11.8 Å². The predicted molar refractivity (Wildman–Crippen MR) is 113 cm³/mol. The number of allylic oxidation sites excluding steroid dienone is 1. The summed E-state index contributed by atoms with van der Waals surface area (Å²) in [6.07, 6.45) is 0.155. The second-order valence-corrected chi connectivity index (χ2v) is 7.49. The number of carbonyl (C=O) groups is 2. The SMILES string of the molecule is CCOc1ccc(C2CC(=O)NC(SCC(=O)Nc3ccc(F)cc3)=C2C#N)cc1. The molecule has 2 aromatic rings. The Morgan fingerprint density at radius 2 is 1.97 bits per heavy atom. The maximum absolute atomic E-state index is 13.0. The first kappa shape index (κ1) is 21.4. The van der Waals surface area contributed by atoms with E-state index in [0.29, 0.717) is 22.9 Å². The van der Waals surface area contributed by atoms with Crippen molar-refractivity contribution in [2.45, 2.75) is 19.3 Å². The van der Waals surface area contributed by atoms with E-state index < -0.39 is 5.82 Å². The monoisotopic (exact) mass is 425 g/mol. The standard InChI is InChI=1S/C22H20FN3O3S/c1-2-29-17-9-3-14(4-10-17)18-11-20(27)26-22(19(18)12-24)30-13-21(28)25-16-7-5-15(23)6-8-16/h3-10,18H,2,11,13H2,1H3,(H,25,28)(H,26,27). The van der Waals surface area contributed by atoms with E-state index in [0.717, 1.165) is 23.1 Å². The van der Waals surface area contributed by atoms with Crippen molar-refractivity contribution in [2.75, 3.05) is 17.7 Å². The number of nitrogens with zero attached hydrogens (tertiary/aromatic N) is 1. The molecule has 0 aliphatic carbocycles. The zero-order chi connectivity index (χ0) is 21.5. The van der Waals surface area contributed by atoms with E-state index in [9.17, 15) is 19.2 Å². The molecule has 30 heavy (non-hydrogen) atoms. The predicted octanol–water partition coefficient (Wildman–Crippen LogP) is 3.93. The minimum Gasteiger partial charge on any atom is -0.494 e. The van der Waals surface area contributed by atoms with Crippen LogP contribution in [0.15, 0.2) is 59.1 Å². The van der Waals surface area contributed by atoms with Crippen molar-refractivity contribution in [1.82, 2.24) is 5.32 Å². The molecular weight excluding hydrogens is 405 g/mol. The molecule has 1 aliphatic heterocycles. The van der Waals surface area contributed by atoms with Crippen LogP contribution in [0, 0.1) is 17.1 Å². The quantitative estimate of drug-likeness (QED) is 0.701. The Balaban J connectivity index is 1.72. The van der Waals surface area contributed by atoms with Gasteiger partial charge < -0.3 is 15.4 Å². The topological polar surface area (TPSA) is 91.2 Å². The molecule has 0 spiro atoms. The summed E-state index contributed by atoms with van der Waals surface area (Å²) in [7, 11) is 0. The first-order chi connectivity index (χ1) is 14.5. The van der Waals surface area contributed by atoms with Gasteiger partial charge in [-0.2, -0.15) is 5.26 Å². The summed E-state index contributed by atoms with van der Waals surface area (Å²) in [6, 6.07) is 14.9. The normalized spacial score (nSPS) is 15.9. The van der Waals surface area contributed by atoms with Crippen molar-refractivity contribution < 1.29 is 18.7 Å². The molecule has 0 radical (unpaired) electrons. The fourth-order valence-corrected chi connectivity index (χ4v) is 3.93. The number of benzene rings is 2. The first-order valence-corrected chi connectivity index (χ1v) is 10.3. The summed E-state index contributed by atoms with van der Waals surface area (Å²) >= 11 is 1.09. The highest BCUT2D eigenvalue weighted by Gasteiger charge is 2.29. The van der Waals surface area contributed by atoms with Gasteiger partial charge in [0.25, 0.3) is 0 Å². The number of rotatable bonds is 7. The lowest BCUT2D eigenvalue weighted by molar-refractivity contribution is -0.121. The number of hydrogen-bond acceptors (Lipinski definition) is 5. The van der Waals surface area contributed by atoms with Crippen LogP contribution in [0.4, 0.5) is 10.1 Å². The van der Waals surface area contributed by atoms with Crippen LogP contribution < -0.4 is 15.4 Å². The minimum absolute atomic E-state index is 0.00579. The Morgan fingerprint density at radius 1 is 1.27 bits per heavy atom. The van der Waals surface area contributed by atoms with Crippen LogP contribution in [0.1, 0.15) is 24.8 Å². The van der Waals surface area contributed by atoms with Gasteiger partial charge in [-0.15, -0.1) is 0 Å². The average Bonchev–Trinajstić information content (AvgIpc) is 2.74. The van der Waals surface area contributed by atoms with Gasteiger partial charge >= 0.3 is 0 Å². The number of thioether (sulfide) groups is 1. The number of carbonyl (C=O) groups excluding carboxylic acids is 2. The first-order valence-electron chi connectivity index (χ1n) is 9.35. The summed E-state index contributed by atoms with van der Waals surface area (Å²) in [5.74, 6) is -0.605. The fraction of sp³-hybridized carbons (Fsp3) is 0.227. The maximum Gasteiger partial charge on any atom is 0.234 e. The molecule has 0 aromatic heterocycles. The molecule has 0 fully saturated rings. The highest BCUT2D eigenvalue weighted by Crippen LogP contribution is 2.36. The highest BCUT2D eigenvalue weighted by molar-refractivity contribution is 8.03. The number of hydrogen-bond donors (Lipinski definition) is 2. The van der Waals surface area contributed by atoms with Gasteiger partial charge in [0.2, 0.25) is 11.8 Å². The van der Waals surface area contributed by atoms with E-state index in [1.54, 1.807) is 0 Å². The molecule has 1 unspecified atom stereocenters. The number of amides is 2. The van der Waals surface area contributed by atoms with E-state index >= 15 is 0 Å². The number of nitriles is 1. The summed E-state index contributed by atoms with van der Waals surface area (Å²) in [5, 5.41) is 15.4. The van der Waals surface area contributed by atoms with Crippen molar-refractivity contribution in [1.29, 1.82) is 5.26 Å². The Labute approximate surface area is 178 Å². The second-order valence-electron chi connectivity index (χ2n) is 6.51. The third-order valence-electron chi connectivity index (χ3n) is 4.43. The third-order valence-corrected chi connectivity index (χ3v) is 5.44. The van der Waals surface area contributed by atoms with E-state index in [2.05, 4.69) is 16.7 Å². The molecule has 0 saturated heterocycles. The van der Waals surface area contributed by atoms with Gasteiger partial charge in [0, 0.05) is 18.0 Å². The van der Waals surface area contributed by atoms with Crippen LogP contribution in [-0.2, 0) is 9.59 Å². The minimum atomic E-state index is -0.392. The van der Waals surface area contributed by atoms with Crippen LogP contribution in [-0.4, -0.2) is 24.2 Å². The van der Waals surface area contributed by atoms with E-state index in [1.165, 1.54) is 24.3 Å². The number of nitrogens with one attached hydrogen (secondary N) is 2. The van der Waals surface area contributed by atoms with Gasteiger partial charge in [-0.05, 0) is 48.9 Å². The van der Waals surface area contributed by atoms with Gasteiger partial charge in [-0.3, -0.25) is 9.59 Å². The third kappa shape index (κ3) is 5.39. The lowest BCUT2D eigenvalue weighted by Crippen LogP contribution is -2.31. The van der Waals surface area contributed by atoms with Crippen LogP contribution in [0.2, 0.25) is 0 Å². The van der Waals surface area contributed by atoms with E-state index in [1.807, 2.05) is 31.2 Å². The zero-order valence-corrected chi connectivity index (χ0v) is 17.1. The van der Waals surface area contributed by atoms with Crippen LogP contribution in [0.5, 0.6) is 5.75 Å². The molecule has 0 bridgehead atoms. The van der Waals surface area contributed by atoms with Crippen molar-refractivity contribution >= 4 is 29.3 Å². The molecule has 1 atom stereocenters. The van der Waals surface area contributed by atoms with E-state index in [4.69, 9.17) is 4.74 Å². The van der Waals surface area contributed by atoms with Crippen LogP contribution in [0.25, 0.3) is 0 Å². The summed E-state index contributed by atoms with van der Waals surface area (Å²) in [6.45, 7) is 2.45. The molecule has 3 rings (SSSR count). The molecule has 1 aliphatic rings. The Hall–Kier alpha value is -3.31. The smallest absolute Gasteiger partial charge is 0.234 e. The second kappa shape index (κ2) is 9.94. The molecule has 154 valence electrons. The van der Waals surface area contributed by atoms with Crippen LogP contribution in [0.3, 0.4) is 0 Å². The number of halogens is 1. The molecule has 8 heteroatoms. The molecular formula is C22H20FN3O3S. The van der Waals surface area contributed by atoms with Crippen molar-refractivity contribution in [3.8, 4) is 11.8 Å². The fourth-order valence-electron chi connectivity index (χ4n) is 3.05. The average molecular weight is 425 g/mol. The van der Waals surface area contributed by atoms with Crippen molar-refractivity contribution in [3.05, 3.63) is 70.5 Å². The van der Waals surface area contributed by atoms with Gasteiger partial charge in [0.15, 0.2) is 0 Å². The summed E-state index contributed by atoms with van der Waals surface area (Å²) < 4.78 is 18.4. The Bertz CT molecular complexity index is 998. The summed E-state index contributed by atoms with van der Waals surface area (Å²) in [4.78, 5) is 24.4. The molecule has 0 saturated carbocycles. The Morgan fingerprint density at radius 3 is 2.60 bits per heavy atom. The van der Waals surface area contributed by atoms with Gasteiger partial charge in [0.05, 0.1) is 29.0 Å². The molecule has 2 N–H and O–H groups in total. The summed E-state index contributed by atoms with van der Waals surface area (Å²) in [5.41, 5.74) is 1.72. The molecule has 2 aromatic carbocycles. The largest absolute Gasteiger partial charge is 0.494 e. The lowest BCUT2D eigenvalue weighted by Gasteiger charge is -2.25. The molecule has 1 heterocycles. The van der Waals surface area contributed by atoms with Crippen molar-refractivity contribution in [3.63, 3.8) is 0 Å². The molecule has 2 amide bonds. The number of ether oxygens (including phenoxy) is 1. The Kier molecular flexibility index (Phi) is 7.09. The van der Waals surface area contributed by atoms with Crippen molar-refractivity contribution in [2.24, 2.45) is 0 Å². The van der Waals surface area contributed by atoms with E-state index in [-0.39, 0.29) is 29.9 Å². The maximum atomic E-state index is 13.0. The zero-order valence-electron chi connectivity index (χ0n) is 16.3. The van der Waals surface area contributed by atoms with Gasteiger partial charge in [-0.25, -0.2) is 4.39 Å². The number of anilines is 1. The lowest BCUT2D eigenvalue weighted by atomic mass is 9.87.